The lowest BCUT2D eigenvalue weighted by atomic mass is 10.1. The Bertz CT molecular complexity index is 657. The minimum Gasteiger partial charge on any atom is -0.451 e. The van der Waals surface area contributed by atoms with Crippen LogP contribution in [-0.2, 0) is 0 Å². The Morgan fingerprint density at radius 1 is 1.35 bits per heavy atom. The van der Waals surface area contributed by atoms with Crippen LogP contribution in [0.1, 0.15) is 16.1 Å². The van der Waals surface area contributed by atoms with Gasteiger partial charge in [0.25, 0.3) is 5.91 Å². The summed E-state index contributed by atoms with van der Waals surface area (Å²) in [6, 6.07) is 5.44. The van der Waals surface area contributed by atoms with Gasteiger partial charge in [-0.1, -0.05) is 11.6 Å². The smallest absolute Gasteiger partial charge is 0.290 e. The molecule has 0 spiro atoms. The summed E-state index contributed by atoms with van der Waals surface area (Å²) >= 11 is 6.00. The first-order chi connectivity index (χ1) is 9.56. The molecular formula is C15H18ClN2O2+. The molecule has 2 aromatic rings. The van der Waals surface area contributed by atoms with E-state index in [1.54, 1.807) is 6.07 Å². The maximum absolute atomic E-state index is 12.6. The van der Waals surface area contributed by atoms with E-state index in [0.29, 0.717) is 10.8 Å². The third-order valence-electron chi connectivity index (χ3n) is 4.00. The second-order valence-corrected chi connectivity index (χ2v) is 5.88. The van der Waals surface area contributed by atoms with Gasteiger partial charge in [-0.3, -0.25) is 4.79 Å². The van der Waals surface area contributed by atoms with E-state index in [1.807, 2.05) is 24.0 Å². The molecule has 20 heavy (non-hydrogen) atoms. The lowest BCUT2D eigenvalue weighted by molar-refractivity contribution is -0.883. The van der Waals surface area contributed by atoms with E-state index in [9.17, 15) is 4.79 Å². The van der Waals surface area contributed by atoms with Gasteiger partial charge in [0, 0.05) is 16.0 Å². The van der Waals surface area contributed by atoms with Gasteiger partial charge in [-0.2, -0.15) is 0 Å². The molecule has 2 heterocycles. The van der Waals surface area contributed by atoms with Crippen LogP contribution in [0.2, 0.25) is 5.02 Å². The van der Waals surface area contributed by atoms with Crippen LogP contribution < -0.4 is 4.90 Å². The van der Waals surface area contributed by atoms with Gasteiger partial charge in [-0.05, 0) is 25.1 Å². The fourth-order valence-corrected chi connectivity index (χ4v) is 2.80. The maximum Gasteiger partial charge on any atom is 0.290 e. The van der Waals surface area contributed by atoms with Crippen molar-refractivity contribution in [2.75, 3.05) is 33.2 Å². The Kier molecular flexibility index (Phi) is 3.44. The van der Waals surface area contributed by atoms with Crippen molar-refractivity contribution in [3.8, 4) is 0 Å². The van der Waals surface area contributed by atoms with Gasteiger partial charge in [0.15, 0.2) is 5.76 Å². The number of quaternary nitrogens is 1. The topological polar surface area (TPSA) is 37.9 Å². The molecule has 1 aromatic carbocycles. The Hall–Kier alpha value is -1.52. The van der Waals surface area contributed by atoms with E-state index < -0.39 is 0 Å². The van der Waals surface area contributed by atoms with E-state index in [4.69, 9.17) is 16.0 Å². The first kappa shape index (κ1) is 13.5. The summed E-state index contributed by atoms with van der Waals surface area (Å²) in [5.74, 6) is 0.434. The molecule has 0 bridgehead atoms. The summed E-state index contributed by atoms with van der Waals surface area (Å²) in [5, 5.41) is 1.57. The average molecular weight is 294 g/mol. The minimum atomic E-state index is -0.0117. The van der Waals surface area contributed by atoms with E-state index in [1.165, 1.54) is 4.90 Å². The maximum atomic E-state index is 12.6. The number of nitrogens with one attached hydrogen (secondary N) is 1. The van der Waals surface area contributed by atoms with Crippen LogP contribution in [0.25, 0.3) is 11.0 Å². The van der Waals surface area contributed by atoms with Crippen molar-refractivity contribution in [3.05, 3.63) is 34.5 Å². The second-order valence-electron chi connectivity index (χ2n) is 5.45. The largest absolute Gasteiger partial charge is 0.451 e. The van der Waals surface area contributed by atoms with Crippen molar-refractivity contribution in [2.45, 2.75) is 6.92 Å². The SMILES string of the molecule is Cc1c(C(=O)N2CC[NH+](C)CC2)oc2ccc(Cl)cc12. The molecule has 0 aliphatic carbocycles. The van der Waals surface area contributed by atoms with E-state index in [2.05, 4.69) is 7.05 Å². The molecule has 5 heteroatoms. The summed E-state index contributed by atoms with van der Waals surface area (Å²) in [4.78, 5) is 15.9. The van der Waals surface area contributed by atoms with Gasteiger partial charge in [-0.15, -0.1) is 0 Å². The number of rotatable bonds is 1. The highest BCUT2D eigenvalue weighted by molar-refractivity contribution is 6.31. The number of furan rings is 1. The second kappa shape index (κ2) is 5.11. The first-order valence-corrected chi connectivity index (χ1v) is 7.23. The summed E-state index contributed by atoms with van der Waals surface area (Å²) in [5.41, 5.74) is 1.59. The van der Waals surface area contributed by atoms with Crippen molar-refractivity contribution in [1.82, 2.24) is 4.90 Å². The van der Waals surface area contributed by atoms with Crippen molar-refractivity contribution >= 4 is 28.5 Å². The Labute approximate surface area is 122 Å². The molecule has 4 nitrogen and oxygen atoms in total. The number of fused-ring (bicyclic) bond motifs is 1. The normalized spacial score (nSPS) is 16.9. The monoisotopic (exact) mass is 293 g/mol. The zero-order valence-electron chi connectivity index (χ0n) is 11.7. The van der Waals surface area contributed by atoms with Crippen LogP contribution in [-0.4, -0.2) is 44.0 Å². The number of benzene rings is 1. The summed E-state index contributed by atoms with van der Waals surface area (Å²) in [6.07, 6.45) is 0. The number of halogens is 1. The number of carbonyl (C=O) groups is 1. The highest BCUT2D eigenvalue weighted by Crippen LogP contribution is 2.28. The van der Waals surface area contributed by atoms with Gasteiger partial charge in [-0.25, -0.2) is 0 Å². The highest BCUT2D eigenvalue weighted by atomic mass is 35.5. The van der Waals surface area contributed by atoms with E-state index >= 15 is 0 Å². The molecular weight excluding hydrogens is 276 g/mol. The van der Waals surface area contributed by atoms with Crippen LogP contribution in [0.3, 0.4) is 0 Å². The number of hydrogen-bond acceptors (Lipinski definition) is 2. The Morgan fingerprint density at radius 2 is 2.05 bits per heavy atom. The van der Waals surface area contributed by atoms with E-state index in [-0.39, 0.29) is 5.91 Å². The summed E-state index contributed by atoms with van der Waals surface area (Å²) in [7, 11) is 2.15. The quantitative estimate of drug-likeness (QED) is 0.862. The molecule has 0 unspecified atom stereocenters. The predicted molar refractivity (Wildman–Crippen MR) is 78.5 cm³/mol. The lowest BCUT2D eigenvalue weighted by Crippen LogP contribution is -3.12. The van der Waals surface area contributed by atoms with Gasteiger partial charge >= 0.3 is 0 Å². The zero-order valence-corrected chi connectivity index (χ0v) is 12.5. The molecule has 0 atom stereocenters. The number of hydrogen-bond donors (Lipinski definition) is 1. The molecule has 1 fully saturated rings. The minimum absolute atomic E-state index is 0.0117. The third kappa shape index (κ3) is 2.30. The van der Waals surface area contributed by atoms with Crippen LogP contribution in [0, 0.1) is 6.92 Å². The fraction of sp³-hybridized carbons (Fsp3) is 0.400. The van der Waals surface area contributed by atoms with Crippen LogP contribution in [0.5, 0.6) is 0 Å². The summed E-state index contributed by atoms with van der Waals surface area (Å²) in [6.45, 7) is 5.44. The van der Waals surface area contributed by atoms with Gasteiger partial charge in [0.2, 0.25) is 0 Å². The number of piperazine rings is 1. The predicted octanol–water partition coefficient (Wildman–Crippen LogP) is 1.37. The summed E-state index contributed by atoms with van der Waals surface area (Å²) < 4.78 is 5.74. The molecule has 1 saturated heterocycles. The fourth-order valence-electron chi connectivity index (χ4n) is 2.63. The molecule has 3 rings (SSSR count). The molecule has 1 aromatic heterocycles. The van der Waals surface area contributed by atoms with Crippen molar-refractivity contribution in [1.29, 1.82) is 0 Å². The van der Waals surface area contributed by atoms with Gasteiger partial charge in [0.1, 0.15) is 5.58 Å². The van der Waals surface area contributed by atoms with Crippen LogP contribution >= 0.6 is 11.6 Å². The first-order valence-electron chi connectivity index (χ1n) is 6.85. The highest BCUT2D eigenvalue weighted by Gasteiger charge is 2.27. The van der Waals surface area contributed by atoms with Gasteiger partial charge < -0.3 is 14.2 Å². The molecule has 0 saturated carbocycles. The van der Waals surface area contributed by atoms with Crippen molar-refractivity contribution in [3.63, 3.8) is 0 Å². The van der Waals surface area contributed by atoms with Crippen LogP contribution in [0.4, 0.5) is 0 Å². The number of amides is 1. The Morgan fingerprint density at radius 3 is 2.75 bits per heavy atom. The lowest BCUT2D eigenvalue weighted by Gasteiger charge is -2.29. The van der Waals surface area contributed by atoms with E-state index in [0.717, 1.165) is 42.7 Å². The zero-order chi connectivity index (χ0) is 14.3. The van der Waals surface area contributed by atoms with Gasteiger partial charge in [0.05, 0.1) is 33.2 Å². The molecule has 1 aliphatic heterocycles. The number of aryl methyl sites for hydroxylation is 1. The van der Waals surface area contributed by atoms with Crippen molar-refractivity contribution < 1.29 is 14.1 Å². The molecule has 1 aliphatic rings. The molecule has 106 valence electrons. The number of carbonyl (C=O) groups excluding carboxylic acids is 1. The standard InChI is InChI=1S/C15H17ClN2O2/c1-10-12-9-11(16)3-4-13(12)20-14(10)15(19)18-7-5-17(2)6-8-18/h3-4,9H,5-8H2,1-2H3/p+1. The molecule has 1 N–H and O–H groups in total. The Balaban J connectivity index is 1.93. The average Bonchev–Trinajstić information content (AvgIpc) is 2.76. The molecule has 0 radical (unpaired) electrons. The number of likely N-dealkylation sites (N-methyl/N-ethyl adjacent to an activating group) is 1. The third-order valence-corrected chi connectivity index (χ3v) is 4.23. The van der Waals surface area contributed by atoms with Crippen molar-refractivity contribution in [2.24, 2.45) is 0 Å². The molecule has 1 amide bonds. The van der Waals surface area contributed by atoms with Crippen LogP contribution in [0.15, 0.2) is 22.6 Å². The number of nitrogens with zero attached hydrogens (tertiary/aromatic N) is 1.